The van der Waals surface area contributed by atoms with Gasteiger partial charge in [-0.25, -0.2) is 0 Å². The first-order valence-corrected chi connectivity index (χ1v) is 5.10. The predicted molar refractivity (Wildman–Crippen MR) is 62.0 cm³/mol. The van der Waals surface area contributed by atoms with E-state index in [1.807, 2.05) is 0 Å². The Bertz CT molecular complexity index is 363. The molecule has 15 heavy (non-hydrogen) atoms. The van der Waals surface area contributed by atoms with E-state index in [-0.39, 0.29) is 5.75 Å². The molecule has 1 aromatic carbocycles. The van der Waals surface area contributed by atoms with Crippen molar-refractivity contribution in [3.63, 3.8) is 0 Å². The third-order valence-electron chi connectivity index (χ3n) is 1.58. The number of alkyl halides is 3. The normalized spacial score (nSPS) is 14.4. The van der Waals surface area contributed by atoms with Crippen molar-refractivity contribution in [3.05, 3.63) is 29.8 Å². The molecule has 1 aromatic rings. The summed E-state index contributed by atoms with van der Waals surface area (Å²) in [7, 11) is 0. The van der Waals surface area contributed by atoms with E-state index in [4.69, 9.17) is 34.8 Å². The number of hydrogen-bond donors (Lipinski definition) is 2. The fourth-order valence-corrected chi connectivity index (χ4v) is 1.00. The van der Waals surface area contributed by atoms with Crippen molar-refractivity contribution in [3.8, 4) is 5.75 Å². The van der Waals surface area contributed by atoms with Crippen molar-refractivity contribution < 1.29 is 10.2 Å². The van der Waals surface area contributed by atoms with E-state index in [0.29, 0.717) is 5.56 Å². The van der Waals surface area contributed by atoms with Crippen molar-refractivity contribution in [2.24, 2.45) is 4.99 Å². The SMILES string of the molecule is Oc1ccccc1C=N[C@@H](O)C(Cl)(Cl)Cl. The largest absolute Gasteiger partial charge is 0.507 e. The molecule has 0 unspecified atom stereocenters. The second-order valence-electron chi connectivity index (χ2n) is 2.75. The molecule has 82 valence electrons. The van der Waals surface area contributed by atoms with E-state index in [2.05, 4.69) is 4.99 Å². The minimum atomic E-state index is -1.87. The molecule has 2 N–H and O–H groups in total. The Labute approximate surface area is 102 Å². The van der Waals surface area contributed by atoms with E-state index >= 15 is 0 Å². The van der Waals surface area contributed by atoms with Gasteiger partial charge in [-0.2, -0.15) is 0 Å². The van der Waals surface area contributed by atoms with Gasteiger partial charge in [-0.15, -0.1) is 0 Å². The summed E-state index contributed by atoms with van der Waals surface area (Å²) in [6.45, 7) is 0. The van der Waals surface area contributed by atoms with Gasteiger partial charge in [0.1, 0.15) is 5.75 Å². The van der Waals surface area contributed by atoms with E-state index in [1.165, 1.54) is 12.3 Å². The number of aromatic hydroxyl groups is 1. The summed E-state index contributed by atoms with van der Waals surface area (Å²) in [5.41, 5.74) is 0.436. The lowest BCUT2D eigenvalue weighted by molar-refractivity contribution is 0.190. The lowest BCUT2D eigenvalue weighted by Crippen LogP contribution is -2.22. The zero-order valence-corrected chi connectivity index (χ0v) is 9.71. The average Bonchev–Trinajstić information content (AvgIpc) is 2.14. The Kier molecular flexibility index (Phi) is 4.22. The van der Waals surface area contributed by atoms with Crippen molar-refractivity contribution in [1.82, 2.24) is 0 Å². The van der Waals surface area contributed by atoms with Gasteiger partial charge in [-0.1, -0.05) is 46.9 Å². The van der Waals surface area contributed by atoms with Gasteiger partial charge in [-0.3, -0.25) is 4.99 Å². The number of phenols is 1. The van der Waals surface area contributed by atoms with Crippen molar-refractivity contribution in [1.29, 1.82) is 0 Å². The zero-order valence-electron chi connectivity index (χ0n) is 7.44. The number of rotatable bonds is 2. The Morgan fingerprint density at radius 2 is 1.87 bits per heavy atom. The minimum absolute atomic E-state index is 0.0396. The maximum Gasteiger partial charge on any atom is 0.236 e. The number of hydrogen-bond acceptors (Lipinski definition) is 3. The second kappa shape index (κ2) is 5.03. The molecule has 3 nitrogen and oxygen atoms in total. The summed E-state index contributed by atoms with van der Waals surface area (Å²) in [5, 5.41) is 18.6. The highest BCUT2D eigenvalue weighted by Crippen LogP contribution is 2.30. The van der Waals surface area contributed by atoms with Crippen LogP contribution in [-0.2, 0) is 0 Å². The summed E-state index contributed by atoms with van der Waals surface area (Å²) in [6.07, 6.45) is -0.232. The predicted octanol–water partition coefficient (Wildman–Crippen LogP) is 2.50. The standard InChI is InChI=1S/C9H8Cl3NO2/c10-9(11,12)8(15)13-5-6-3-1-2-4-7(6)14/h1-5,8,14-15H/t8-/m0/s1. The monoisotopic (exact) mass is 267 g/mol. The molecule has 0 saturated carbocycles. The van der Waals surface area contributed by atoms with Gasteiger partial charge in [0.25, 0.3) is 0 Å². The van der Waals surface area contributed by atoms with Crippen LogP contribution in [0.4, 0.5) is 0 Å². The first-order valence-electron chi connectivity index (χ1n) is 3.97. The number of phenolic OH excluding ortho intramolecular Hbond substituents is 1. The van der Waals surface area contributed by atoms with E-state index in [0.717, 1.165) is 0 Å². The van der Waals surface area contributed by atoms with Crippen LogP contribution in [0.25, 0.3) is 0 Å². The van der Waals surface area contributed by atoms with E-state index < -0.39 is 10.0 Å². The minimum Gasteiger partial charge on any atom is -0.507 e. The Morgan fingerprint density at radius 3 is 2.40 bits per heavy atom. The molecule has 0 radical (unpaired) electrons. The molecule has 0 spiro atoms. The van der Waals surface area contributed by atoms with Crippen LogP contribution in [0, 0.1) is 0 Å². The quantitative estimate of drug-likeness (QED) is 0.639. The highest BCUT2D eigenvalue weighted by molar-refractivity contribution is 6.68. The first-order chi connectivity index (χ1) is 6.91. The molecule has 0 heterocycles. The lowest BCUT2D eigenvalue weighted by atomic mass is 10.2. The summed E-state index contributed by atoms with van der Waals surface area (Å²) >= 11 is 16.2. The summed E-state index contributed by atoms with van der Waals surface area (Å²) < 4.78 is -1.87. The summed E-state index contributed by atoms with van der Waals surface area (Å²) in [5.74, 6) is 0.0396. The number of nitrogens with zero attached hydrogens (tertiary/aromatic N) is 1. The van der Waals surface area contributed by atoms with Crippen LogP contribution in [0.15, 0.2) is 29.3 Å². The molecular formula is C9H8Cl3NO2. The number of para-hydroxylation sites is 1. The van der Waals surface area contributed by atoms with Gasteiger partial charge in [0.2, 0.25) is 3.79 Å². The van der Waals surface area contributed by atoms with Crippen LogP contribution >= 0.6 is 34.8 Å². The molecular weight excluding hydrogens is 260 g/mol. The number of aliphatic hydroxyl groups is 1. The average molecular weight is 269 g/mol. The molecule has 0 aromatic heterocycles. The maximum absolute atomic E-state index is 9.35. The maximum atomic E-state index is 9.35. The molecule has 0 aliphatic rings. The third kappa shape index (κ3) is 3.87. The van der Waals surface area contributed by atoms with Crippen LogP contribution in [0.3, 0.4) is 0 Å². The van der Waals surface area contributed by atoms with Crippen LogP contribution in [0.1, 0.15) is 5.56 Å². The van der Waals surface area contributed by atoms with Gasteiger partial charge in [-0.05, 0) is 12.1 Å². The Balaban J connectivity index is 2.79. The molecule has 0 fully saturated rings. The van der Waals surface area contributed by atoms with Gasteiger partial charge in [0, 0.05) is 11.8 Å². The highest BCUT2D eigenvalue weighted by Gasteiger charge is 2.29. The molecule has 0 aliphatic heterocycles. The van der Waals surface area contributed by atoms with E-state index in [9.17, 15) is 10.2 Å². The highest BCUT2D eigenvalue weighted by atomic mass is 35.6. The fraction of sp³-hybridized carbons (Fsp3) is 0.222. The molecule has 1 atom stereocenters. The van der Waals surface area contributed by atoms with Gasteiger partial charge in [0.15, 0.2) is 6.23 Å². The van der Waals surface area contributed by atoms with Gasteiger partial charge < -0.3 is 10.2 Å². The zero-order chi connectivity index (χ0) is 11.5. The molecule has 1 rings (SSSR count). The van der Waals surface area contributed by atoms with Crippen LogP contribution in [0.5, 0.6) is 5.75 Å². The van der Waals surface area contributed by atoms with Crippen molar-refractivity contribution in [2.75, 3.05) is 0 Å². The van der Waals surface area contributed by atoms with E-state index in [1.54, 1.807) is 18.2 Å². The van der Waals surface area contributed by atoms with Crippen molar-refractivity contribution >= 4 is 41.0 Å². The molecule has 6 heteroatoms. The fourth-order valence-electron chi connectivity index (χ4n) is 0.832. The number of benzene rings is 1. The number of aliphatic hydroxyl groups excluding tert-OH is 1. The van der Waals surface area contributed by atoms with Crippen LogP contribution in [0.2, 0.25) is 0 Å². The van der Waals surface area contributed by atoms with Crippen molar-refractivity contribution in [2.45, 2.75) is 10.0 Å². The number of aliphatic imine (C=N–C) groups is 1. The molecule has 0 amide bonds. The topological polar surface area (TPSA) is 52.8 Å². The number of halogens is 3. The molecule has 0 bridgehead atoms. The van der Waals surface area contributed by atoms with Crippen LogP contribution in [-0.4, -0.2) is 26.4 Å². The lowest BCUT2D eigenvalue weighted by Gasteiger charge is -2.13. The van der Waals surface area contributed by atoms with Gasteiger partial charge >= 0.3 is 0 Å². The summed E-state index contributed by atoms with van der Waals surface area (Å²) in [4.78, 5) is 3.60. The smallest absolute Gasteiger partial charge is 0.236 e. The summed E-state index contributed by atoms with van der Waals surface area (Å²) in [6, 6.07) is 6.48. The Morgan fingerprint density at radius 1 is 1.27 bits per heavy atom. The Hall–Kier alpha value is -0.480. The van der Waals surface area contributed by atoms with Gasteiger partial charge in [0.05, 0.1) is 0 Å². The molecule has 0 aliphatic carbocycles. The second-order valence-corrected chi connectivity index (χ2v) is 5.12. The first kappa shape index (κ1) is 12.6. The molecule has 0 saturated heterocycles. The van der Waals surface area contributed by atoms with Crippen LogP contribution < -0.4 is 0 Å². The third-order valence-corrected chi connectivity index (χ3v) is 2.17.